The van der Waals surface area contributed by atoms with Crippen molar-refractivity contribution in [2.75, 3.05) is 12.3 Å². The van der Waals surface area contributed by atoms with Gasteiger partial charge in [-0.3, -0.25) is 10.1 Å². The fraction of sp³-hybridized carbons (Fsp3) is 0.267. The molecule has 0 aliphatic rings. The van der Waals surface area contributed by atoms with Gasteiger partial charge in [-0.25, -0.2) is 4.98 Å². The minimum atomic E-state index is -0.196. The molecule has 0 saturated carbocycles. The van der Waals surface area contributed by atoms with E-state index in [0.717, 1.165) is 22.9 Å². The van der Waals surface area contributed by atoms with E-state index in [1.54, 1.807) is 30.2 Å². The summed E-state index contributed by atoms with van der Waals surface area (Å²) in [5, 5.41) is 6.05. The summed E-state index contributed by atoms with van der Waals surface area (Å²) in [6.07, 6.45) is 1.71. The van der Waals surface area contributed by atoms with E-state index in [0.29, 0.717) is 17.2 Å². The molecule has 3 N–H and O–H groups in total. The standard InChI is InChI=1S/C15H18N4OS2/c1-11-13(18-10-17-11)9-22-8-7-16-15(21)19-14(20)12-5-3-2-4-6-12/h2-6,10H,7-9H2,1H3,(H,17,18)(H2,16,19,20,21). The first kappa shape index (κ1) is 16.5. The molecule has 0 saturated heterocycles. The van der Waals surface area contributed by atoms with E-state index in [2.05, 4.69) is 20.6 Å². The van der Waals surface area contributed by atoms with E-state index in [1.165, 1.54) is 0 Å². The number of aromatic nitrogens is 2. The molecule has 2 aromatic rings. The molecule has 7 heteroatoms. The van der Waals surface area contributed by atoms with Gasteiger partial charge in [-0.2, -0.15) is 11.8 Å². The van der Waals surface area contributed by atoms with Crippen LogP contribution in [-0.2, 0) is 5.75 Å². The zero-order valence-electron chi connectivity index (χ0n) is 12.3. The fourth-order valence-electron chi connectivity index (χ4n) is 1.76. The summed E-state index contributed by atoms with van der Waals surface area (Å²) in [5.41, 5.74) is 2.77. The van der Waals surface area contributed by atoms with Crippen molar-refractivity contribution in [1.29, 1.82) is 0 Å². The lowest BCUT2D eigenvalue weighted by Gasteiger charge is -2.09. The molecule has 0 radical (unpaired) electrons. The van der Waals surface area contributed by atoms with Crippen LogP contribution >= 0.6 is 24.0 Å². The van der Waals surface area contributed by atoms with Crippen molar-refractivity contribution in [3.8, 4) is 0 Å². The molecular formula is C15H18N4OS2. The van der Waals surface area contributed by atoms with Gasteiger partial charge >= 0.3 is 0 Å². The number of amides is 1. The first-order valence-electron chi connectivity index (χ1n) is 6.87. The predicted octanol–water partition coefficient (Wildman–Crippen LogP) is 2.26. The maximum atomic E-state index is 11.9. The summed E-state index contributed by atoms with van der Waals surface area (Å²) in [7, 11) is 0. The summed E-state index contributed by atoms with van der Waals surface area (Å²) in [4.78, 5) is 19.1. The molecule has 0 bridgehead atoms. The van der Waals surface area contributed by atoms with Gasteiger partial charge in [0.15, 0.2) is 5.11 Å². The SMILES string of the molecule is Cc1nc[nH]c1CSCCNC(=S)NC(=O)c1ccccc1. The normalized spacial score (nSPS) is 10.2. The Kier molecular flexibility index (Phi) is 6.42. The summed E-state index contributed by atoms with van der Waals surface area (Å²) in [6.45, 7) is 2.69. The third-order valence-electron chi connectivity index (χ3n) is 2.98. The van der Waals surface area contributed by atoms with Crippen molar-refractivity contribution in [2.45, 2.75) is 12.7 Å². The number of aromatic amines is 1. The smallest absolute Gasteiger partial charge is 0.257 e. The molecule has 1 heterocycles. The van der Waals surface area contributed by atoms with Crippen molar-refractivity contribution in [1.82, 2.24) is 20.6 Å². The van der Waals surface area contributed by atoms with Crippen LogP contribution in [0.4, 0.5) is 0 Å². The minimum absolute atomic E-state index is 0.196. The van der Waals surface area contributed by atoms with Crippen molar-refractivity contribution in [3.63, 3.8) is 0 Å². The highest BCUT2D eigenvalue weighted by Crippen LogP contribution is 2.11. The second-order valence-corrected chi connectivity index (χ2v) is 6.11. The Bertz CT molecular complexity index is 627. The quantitative estimate of drug-likeness (QED) is 0.558. The summed E-state index contributed by atoms with van der Waals surface area (Å²) in [5.74, 6) is 1.58. The van der Waals surface area contributed by atoms with Crippen LogP contribution in [0.15, 0.2) is 36.7 Å². The van der Waals surface area contributed by atoms with Gasteiger partial charge in [0.2, 0.25) is 0 Å². The number of hydrogen-bond donors (Lipinski definition) is 3. The lowest BCUT2D eigenvalue weighted by atomic mass is 10.2. The lowest BCUT2D eigenvalue weighted by Crippen LogP contribution is -2.40. The van der Waals surface area contributed by atoms with E-state index >= 15 is 0 Å². The van der Waals surface area contributed by atoms with Gasteiger partial charge in [-0.1, -0.05) is 18.2 Å². The molecule has 0 unspecified atom stereocenters. The molecule has 116 valence electrons. The van der Waals surface area contributed by atoms with Crippen LogP contribution in [0, 0.1) is 6.92 Å². The first-order chi connectivity index (χ1) is 10.7. The van der Waals surface area contributed by atoms with Crippen LogP contribution in [0.25, 0.3) is 0 Å². The molecule has 2 rings (SSSR count). The maximum absolute atomic E-state index is 11.9. The van der Waals surface area contributed by atoms with Crippen LogP contribution < -0.4 is 10.6 Å². The van der Waals surface area contributed by atoms with E-state index in [1.807, 2.05) is 25.1 Å². The zero-order chi connectivity index (χ0) is 15.8. The zero-order valence-corrected chi connectivity index (χ0v) is 13.9. The Morgan fingerprint density at radius 2 is 2.14 bits per heavy atom. The van der Waals surface area contributed by atoms with Crippen LogP contribution in [0.3, 0.4) is 0 Å². The van der Waals surface area contributed by atoms with Crippen molar-refractivity contribution >= 4 is 35.0 Å². The van der Waals surface area contributed by atoms with E-state index in [9.17, 15) is 4.79 Å². The largest absolute Gasteiger partial charge is 0.362 e. The van der Waals surface area contributed by atoms with Crippen molar-refractivity contribution in [2.24, 2.45) is 0 Å². The van der Waals surface area contributed by atoms with E-state index < -0.39 is 0 Å². The average molecular weight is 334 g/mol. The summed E-state index contributed by atoms with van der Waals surface area (Å²) in [6, 6.07) is 9.01. The number of benzene rings is 1. The Labute approximate surface area is 139 Å². The molecule has 22 heavy (non-hydrogen) atoms. The Morgan fingerprint density at radius 3 is 2.82 bits per heavy atom. The highest BCUT2D eigenvalue weighted by Gasteiger charge is 2.06. The van der Waals surface area contributed by atoms with Crippen LogP contribution in [-0.4, -0.2) is 33.3 Å². The van der Waals surface area contributed by atoms with E-state index in [4.69, 9.17) is 12.2 Å². The minimum Gasteiger partial charge on any atom is -0.362 e. The van der Waals surface area contributed by atoms with Crippen LogP contribution in [0.2, 0.25) is 0 Å². The molecule has 0 fully saturated rings. The summed E-state index contributed by atoms with van der Waals surface area (Å²) < 4.78 is 0. The van der Waals surface area contributed by atoms with Gasteiger partial charge in [0.1, 0.15) is 0 Å². The molecule has 0 aliphatic carbocycles. The number of hydrogen-bond acceptors (Lipinski definition) is 4. The number of carbonyl (C=O) groups excluding carboxylic acids is 1. The van der Waals surface area contributed by atoms with Crippen LogP contribution in [0.1, 0.15) is 21.7 Å². The number of carbonyl (C=O) groups is 1. The average Bonchev–Trinajstić information content (AvgIpc) is 2.93. The molecule has 5 nitrogen and oxygen atoms in total. The molecule has 0 atom stereocenters. The summed E-state index contributed by atoms with van der Waals surface area (Å²) >= 11 is 6.89. The van der Waals surface area contributed by atoms with Gasteiger partial charge in [-0.05, 0) is 31.3 Å². The van der Waals surface area contributed by atoms with Gasteiger partial charge < -0.3 is 10.3 Å². The number of imidazole rings is 1. The maximum Gasteiger partial charge on any atom is 0.257 e. The molecule has 0 aliphatic heterocycles. The Balaban J connectivity index is 1.62. The third kappa shape index (κ3) is 5.16. The Morgan fingerprint density at radius 1 is 1.36 bits per heavy atom. The molecule has 1 amide bonds. The number of rotatable bonds is 6. The highest BCUT2D eigenvalue weighted by atomic mass is 32.2. The number of nitrogens with one attached hydrogen (secondary N) is 3. The molecule has 0 spiro atoms. The van der Waals surface area contributed by atoms with E-state index in [-0.39, 0.29) is 5.91 Å². The predicted molar refractivity (Wildman–Crippen MR) is 94.0 cm³/mol. The number of aryl methyl sites for hydroxylation is 1. The van der Waals surface area contributed by atoms with Crippen molar-refractivity contribution in [3.05, 3.63) is 53.6 Å². The van der Waals surface area contributed by atoms with Gasteiger partial charge in [-0.15, -0.1) is 0 Å². The van der Waals surface area contributed by atoms with Gasteiger partial charge in [0, 0.05) is 29.3 Å². The monoisotopic (exact) mass is 334 g/mol. The molecule has 1 aromatic heterocycles. The molecular weight excluding hydrogens is 316 g/mol. The fourth-order valence-corrected chi connectivity index (χ4v) is 2.84. The number of H-pyrrole nitrogens is 1. The number of thioether (sulfide) groups is 1. The number of nitrogens with zero attached hydrogens (tertiary/aromatic N) is 1. The van der Waals surface area contributed by atoms with Crippen LogP contribution in [0.5, 0.6) is 0 Å². The molecule has 1 aromatic carbocycles. The first-order valence-corrected chi connectivity index (χ1v) is 8.44. The van der Waals surface area contributed by atoms with Gasteiger partial charge in [0.25, 0.3) is 5.91 Å². The number of thiocarbonyl (C=S) groups is 1. The lowest BCUT2D eigenvalue weighted by molar-refractivity contribution is 0.0976. The van der Waals surface area contributed by atoms with Gasteiger partial charge in [0.05, 0.1) is 12.0 Å². The topological polar surface area (TPSA) is 69.8 Å². The highest BCUT2D eigenvalue weighted by molar-refractivity contribution is 7.98. The second-order valence-electron chi connectivity index (χ2n) is 4.60. The van der Waals surface area contributed by atoms with Crippen molar-refractivity contribution < 1.29 is 4.79 Å². The second kappa shape index (κ2) is 8.55. The Hall–Kier alpha value is -1.86. The third-order valence-corrected chi connectivity index (χ3v) is 4.21.